The Hall–Kier alpha value is -3.08. The molecule has 4 heterocycles. The number of ether oxygens (including phenoxy) is 1. The summed E-state index contributed by atoms with van der Waals surface area (Å²) in [6, 6.07) is 9.65. The van der Waals surface area contributed by atoms with Crippen molar-refractivity contribution in [3.63, 3.8) is 0 Å². The van der Waals surface area contributed by atoms with Gasteiger partial charge in [-0.1, -0.05) is 44.2 Å². The van der Waals surface area contributed by atoms with Gasteiger partial charge < -0.3 is 20.1 Å². The molecular weight excluding hydrogens is 550 g/mol. The summed E-state index contributed by atoms with van der Waals surface area (Å²) in [6.07, 6.45) is 4.74. The number of amides is 2. The van der Waals surface area contributed by atoms with Crippen LogP contribution in [0.5, 0.6) is 0 Å². The van der Waals surface area contributed by atoms with E-state index in [4.69, 9.17) is 14.7 Å². The number of aryl methyl sites for hydroxylation is 1. The lowest BCUT2D eigenvalue weighted by atomic mass is 9.71. The van der Waals surface area contributed by atoms with Crippen molar-refractivity contribution in [3.8, 4) is 0 Å². The average molecular weight is 592 g/mol. The van der Waals surface area contributed by atoms with Crippen molar-refractivity contribution in [1.82, 2.24) is 20.2 Å². The van der Waals surface area contributed by atoms with E-state index in [2.05, 4.69) is 37.1 Å². The van der Waals surface area contributed by atoms with Crippen molar-refractivity contribution < 1.29 is 19.4 Å². The van der Waals surface area contributed by atoms with E-state index >= 15 is 0 Å². The van der Waals surface area contributed by atoms with E-state index in [0.717, 1.165) is 79.0 Å². The summed E-state index contributed by atoms with van der Waals surface area (Å²) in [5.41, 5.74) is 5.12. The highest BCUT2D eigenvalue weighted by atomic mass is 32.1. The third-order valence-electron chi connectivity index (χ3n) is 9.11. The zero-order valence-electron chi connectivity index (χ0n) is 24.8. The van der Waals surface area contributed by atoms with Gasteiger partial charge >= 0.3 is 6.09 Å². The zero-order valence-corrected chi connectivity index (χ0v) is 25.6. The monoisotopic (exact) mass is 591 g/mol. The number of piperidine rings is 1. The molecule has 6 rings (SSSR count). The number of cyclic esters (lactones) is 1. The number of pyridine rings is 1. The fourth-order valence-corrected chi connectivity index (χ4v) is 7.23. The number of hydrogen-bond donors (Lipinski definition) is 2. The highest BCUT2D eigenvalue weighted by Gasteiger charge is 2.30. The van der Waals surface area contributed by atoms with Crippen LogP contribution >= 0.6 is 11.3 Å². The molecule has 0 bridgehead atoms. The van der Waals surface area contributed by atoms with Crippen LogP contribution in [-0.4, -0.2) is 70.9 Å². The summed E-state index contributed by atoms with van der Waals surface area (Å²) in [7, 11) is 0. The molecule has 2 saturated heterocycles. The minimum absolute atomic E-state index is 0.214. The Morgan fingerprint density at radius 2 is 1.98 bits per heavy atom. The molecule has 9 nitrogen and oxygen atoms in total. The fraction of sp³-hybridized carbons (Fsp3) is 0.562. The van der Waals surface area contributed by atoms with E-state index in [1.165, 1.54) is 16.9 Å². The van der Waals surface area contributed by atoms with Gasteiger partial charge in [-0.25, -0.2) is 14.8 Å². The third kappa shape index (κ3) is 6.31. The van der Waals surface area contributed by atoms with Crippen molar-refractivity contribution >= 4 is 39.4 Å². The number of aliphatic hydroxyl groups is 1. The predicted octanol–water partition coefficient (Wildman–Crippen LogP) is 5.12. The van der Waals surface area contributed by atoms with Gasteiger partial charge in [-0.2, -0.15) is 0 Å². The maximum Gasteiger partial charge on any atom is 0.414 e. The van der Waals surface area contributed by atoms with Crippen LogP contribution in [0.1, 0.15) is 79.1 Å². The number of likely N-dealkylation sites (tertiary alicyclic amines) is 1. The number of carbonyl (C=O) groups is 2. The molecule has 3 aliphatic rings. The van der Waals surface area contributed by atoms with Gasteiger partial charge in [0, 0.05) is 31.0 Å². The lowest BCUT2D eigenvalue weighted by Gasteiger charge is -2.34. The number of thiazole rings is 1. The number of benzene rings is 1. The fourth-order valence-electron chi connectivity index (χ4n) is 6.38. The number of carbonyl (C=O) groups excluding carboxylic acids is 2. The van der Waals surface area contributed by atoms with E-state index in [1.54, 1.807) is 4.90 Å². The molecule has 2 N–H and O–H groups in total. The van der Waals surface area contributed by atoms with Gasteiger partial charge in [0.05, 0.1) is 18.7 Å². The van der Waals surface area contributed by atoms with Crippen molar-refractivity contribution in [2.45, 2.75) is 71.4 Å². The summed E-state index contributed by atoms with van der Waals surface area (Å²) in [4.78, 5) is 40.3. The largest absolute Gasteiger partial charge is 0.447 e. The molecular formula is C32H41N5O4S. The molecule has 2 amide bonds. The van der Waals surface area contributed by atoms with Crippen molar-refractivity contribution in [1.29, 1.82) is 0 Å². The maximum absolute atomic E-state index is 13.7. The summed E-state index contributed by atoms with van der Waals surface area (Å²) in [5, 5.41) is 13.6. The Balaban J connectivity index is 1.23. The van der Waals surface area contributed by atoms with Gasteiger partial charge in [0.15, 0.2) is 5.01 Å². The molecule has 0 radical (unpaired) electrons. The molecule has 3 aromatic rings. The predicted molar refractivity (Wildman–Crippen MR) is 164 cm³/mol. The lowest BCUT2D eigenvalue weighted by Crippen LogP contribution is -2.38. The van der Waals surface area contributed by atoms with Crippen LogP contribution in [0.3, 0.4) is 0 Å². The molecule has 1 aromatic carbocycles. The highest BCUT2D eigenvalue weighted by molar-refractivity contribution is 7.19. The topological polar surface area (TPSA) is 108 Å². The first-order valence-electron chi connectivity index (χ1n) is 15.2. The van der Waals surface area contributed by atoms with Crippen LogP contribution in [0.4, 0.5) is 10.5 Å². The van der Waals surface area contributed by atoms with Crippen molar-refractivity contribution in [2.24, 2.45) is 11.3 Å². The van der Waals surface area contributed by atoms with Crippen LogP contribution in [-0.2, 0) is 17.6 Å². The summed E-state index contributed by atoms with van der Waals surface area (Å²) in [6.45, 7) is 10.3. The van der Waals surface area contributed by atoms with E-state index < -0.39 is 0 Å². The molecule has 2 fully saturated rings. The molecule has 224 valence electrons. The number of nitrogens with zero attached hydrogens (tertiary/aromatic N) is 4. The average Bonchev–Trinajstić information content (AvgIpc) is 3.59. The number of aromatic nitrogens is 2. The van der Waals surface area contributed by atoms with Crippen molar-refractivity contribution in [3.05, 3.63) is 52.2 Å². The Morgan fingerprint density at radius 1 is 1.17 bits per heavy atom. The van der Waals surface area contributed by atoms with Gasteiger partial charge in [0.1, 0.15) is 17.0 Å². The summed E-state index contributed by atoms with van der Waals surface area (Å²) >= 11 is 1.35. The normalized spacial score (nSPS) is 20.9. The quantitative estimate of drug-likeness (QED) is 0.393. The molecule has 2 atom stereocenters. The van der Waals surface area contributed by atoms with Crippen LogP contribution in [0.25, 0.3) is 10.3 Å². The second-order valence-electron chi connectivity index (χ2n) is 13.0. The van der Waals surface area contributed by atoms with Crippen LogP contribution in [0, 0.1) is 11.3 Å². The molecule has 0 spiro atoms. The van der Waals surface area contributed by atoms with Crippen LogP contribution in [0.2, 0.25) is 0 Å². The van der Waals surface area contributed by atoms with Crippen LogP contribution in [0.15, 0.2) is 30.3 Å². The maximum atomic E-state index is 13.7. The molecule has 2 aromatic heterocycles. The molecule has 0 saturated carbocycles. The van der Waals surface area contributed by atoms with Gasteiger partial charge in [-0.05, 0) is 79.2 Å². The van der Waals surface area contributed by atoms with Gasteiger partial charge in [0.2, 0.25) is 0 Å². The smallest absolute Gasteiger partial charge is 0.414 e. The molecule has 0 unspecified atom stereocenters. The van der Waals surface area contributed by atoms with E-state index in [9.17, 15) is 14.7 Å². The standard InChI is InChI=1S/C32H41N5O4S/c1-32(2,3)22-7-8-25-21(17-22)19-27-29(34-25)42-30(35-27)28(39)33-26(11-14-36-12-9-24(38)10-13-36)20-5-4-6-23(18-20)37-15-16-41-31(37)40/h4-6,18-19,22,24,26,38H,7-17H2,1-3H3,(H,33,39)/t22-,26+/m0/s1. The summed E-state index contributed by atoms with van der Waals surface area (Å²) in [5.74, 6) is 0.390. The molecule has 1 aliphatic carbocycles. The highest BCUT2D eigenvalue weighted by Crippen LogP contribution is 2.38. The Bertz CT molecular complexity index is 1460. The van der Waals surface area contributed by atoms with Gasteiger partial charge in [-0.3, -0.25) is 9.69 Å². The first-order chi connectivity index (χ1) is 20.1. The number of anilines is 1. The molecule has 10 heteroatoms. The summed E-state index contributed by atoms with van der Waals surface area (Å²) < 4.78 is 5.14. The molecule has 42 heavy (non-hydrogen) atoms. The van der Waals surface area contributed by atoms with Crippen molar-refractivity contribution in [2.75, 3.05) is 37.7 Å². The Morgan fingerprint density at radius 3 is 2.71 bits per heavy atom. The Labute approximate surface area is 251 Å². The Kier molecular flexibility index (Phi) is 8.22. The number of hydrogen-bond acceptors (Lipinski definition) is 8. The minimum Gasteiger partial charge on any atom is -0.447 e. The first kappa shape index (κ1) is 29.0. The number of fused-ring (bicyclic) bond motifs is 2. The van der Waals surface area contributed by atoms with E-state index in [0.29, 0.717) is 30.5 Å². The van der Waals surface area contributed by atoms with E-state index in [-0.39, 0.29) is 29.6 Å². The van der Waals surface area contributed by atoms with E-state index in [1.807, 2.05) is 24.3 Å². The number of nitrogens with one attached hydrogen (secondary N) is 1. The minimum atomic E-state index is -0.349. The second-order valence-corrected chi connectivity index (χ2v) is 14.0. The van der Waals surface area contributed by atoms with Crippen LogP contribution < -0.4 is 10.2 Å². The van der Waals surface area contributed by atoms with Gasteiger partial charge in [0.25, 0.3) is 5.91 Å². The SMILES string of the molecule is CC(C)(C)[C@H]1CCc2nc3sc(C(=O)N[C@H](CCN4CCC(O)CC4)c4cccc(N5CCOC5=O)c4)nc3cc2C1. The van der Waals surface area contributed by atoms with Gasteiger partial charge in [-0.15, -0.1) is 0 Å². The zero-order chi connectivity index (χ0) is 29.4. The second kappa shape index (κ2) is 11.9. The number of aliphatic hydroxyl groups excluding tert-OH is 1. The third-order valence-corrected chi connectivity index (χ3v) is 10.1. The molecule has 2 aliphatic heterocycles. The number of rotatable bonds is 7. The lowest BCUT2D eigenvalue weighted by molar-refractivity contribution is 0.0795. The first-order valence-corrected chi connectivity index (χ1v) is 16.0.